The van der Waals surface area contributed by atoms with Crippen molar-refractivity contribution < 1.29 is 4.79 Å². The number of piperazine rings is 1. The highest BCUT2D eigenvalue weighted by molar-refractivity contribution is 5.94. The molecule has 0 saturated carbocycles. The number of hydrogen-bond acceptors (Lipinski definition) is 6. The van der Waals surface area contributed by atoms with Crippen LogP contribution in [0, 0.1) is 0 Å². The predicted octanol–water partition coefficient (Wildman–Crippen LogP) is 1.96. The lowest BCUT2D eigenvalue weighted by molar-refractivity contribution is 0.100. The lowest BCUT2D eigenvalue weighted by atomic mass is 10.1. The van der Waals surface area contributed by atoms with Crippen molar-refractivity contribution in [3.8, 4) is 11.3 Å². The topological polar surface area (TPSA) is 88.2 Å². The van der Waals surface area contributed by atoms with Gasteiger partial charge in [-0.2, -0.15) is 0 Å². The van der Waals surface area contributed by atoms with E-state index in [1.54, 1.807) is 30.6 Å². The summed E-state index contributed by atoms with van der Waals surface area (Å²) in [6.45, 7) is 3.55. The summed E-state index contributed by atoms with van der Waals surface area (Å²) >= 11 is 0. The Bertz CT molecular complexity index is 938. The zero-order chi connectivity index (χ0) is 18.6. The number of nitrogens with zero attached hydrogens (tertiary/aromatic N) is 5. The molecule has 7 nitrogen and oxygen atoms in total. The van der Waals surface area contributed by atoms with Crippen molar-refractivity contribution in [1.82, 2.24) is 15.0 Å². The predicted molar refractivity (Wildman–Crippen MR) is 105 cm³/mol. The van der Waals surface area contributed by atoms with Crippen LogP contribution in [0.4, 0.5) is 11.5 Å². The van der Waals surface area contributed by atoms with Gasteiger partial charge in [0.05, 0.1) is 18.1 Å². The van der Waals surface area contributed by atoms with Crippen LogP contribution < -0.4 is 15.5 Å². The van der Waals surface area contributed by atoms with Gasteiger partial charge in [-0.1, -0.05) is 12.1 Å². The average Bonchev–Trinajstić information content (AvgIpc) is 2.75. The van der Waals surface area contributed by atoms with Crippen molar-refractivity contribution >= 4 is 17.4 Å². The molecule has 2 N–H and O–H groups in total. The summed E-state index contributed by atoms with van der Waals surface area (Å²) in [5.41, 5.74) is 8.59. The van der Waals surface area contributed by atoms with Crippen LogP contribution in [-0.2, 0) is 0 Å². The van der Waals surface area contributed by atoms with Gasteiger partial charge in [-0.05, 0) is 24.3 Å². The van der Waals surface area contributed by atoms with Crippen molar-refractivity contribution in [3.05, 3.63) is 66.7 Å². The van der Waals surface area contributed by atoms with Gasteiger partial charge in [0.1, 0.15) is 5.82 Å². The summed E-state index contributed by atoms with van der Waals surface area (Å²) in [5.74, 6) is 0.388. The van der Waals surface area contributed by atoms with Crippen LogP contribution in [-0.4, -0.2) is 47.0 Å². The number of anilines is 2. The smallest absolute Gasteiger partial charge is 0.248 e. The van der Waals surface area contributed by atoms with E-state index < -0.39 is 5.91 Å². The average molecular weight is 360 g/mol. The fraction of sp³-hybridized carbons (Fsp3) is 0.200. The van der Waals surface area contributed by atoms with Crippen molar-refractivity contribution in [2.45, 2.75) is 0 Å². The maximum absolute atomic E-state index is 11.4. The number of carbonyl (C=O) groups excluding carboxylic acids is 1. The van der Waals surface area contributed by atoms with Crippen molar-refractivity contribution in [2.75, 3.05) is 36.0 Å². The second-order valence-electron chi connectivity index (χ2n) is 6.39. The van der Waals surface area contributed by atoms with E-state index in [9.17, 15) is 4.79 Å². The molecule has 0 bridgehead atoms. The second-order valence-corrected chi connectivity index (χ2v) is 6.39. The Hall–Kier alpha value is -3.48. The largest absolute Gasteiger partial charge is 0.368 e. The number of pyridine rings is 1. The maximum Gasteiger partial charge on any atom is 0.248 e. The second kappa shape index (κ2) is 7.41. The number of amides is 1. The van der Waals surface area contributed by atoms with Crippen LogP contribution in [0.15, 0.2) is 61.2 Å². The molecule has 136 valence electrons. The molecule has 0 spiro atoms. The minimum absolute atomic E-state index is 0.451. The van der Waals surface area contributed by atoms with E-state index in [4.69, 9.17) is 10.7 Å². The summed E-state index contributed by atoms with van der Waals surface area (Å²) in [7, 11) is 0. The van der Waals surface area contributed by atoms with Crippen LogP contribution in [0.2, 0.25) is 0 Å². The van der Waals surface area contributed by atoms with E-state index in [2.05, 4.69) is 19.8 Å². The zero-order valence-electron chi connectivity index (χ0n) is 14.8. The number of nitrogens with two attached hydrogens (primary N) is 1. The molecule has 4 rings (SSSR count). The first-order valence-corrected chi connectivity index (χ1v) is 8.83. The molecule has 1 amide bonds. The highest BCUT2D eigenvalue weighted by Gasteiger charge is 2.19. The standard InChI is InChI=1S/C20H20N6O/c21-20(27)16-3-1-2-15(12-16)18-13-23-14-19(24-18)26-10-8-25(9-11-26)17-4-6-22-7-5-17/h1-7,12-14H,8-11H2,(H2,21,27). The molecule has 1 aliphatic rings. The van der Waals surface area contributed by atoms with Gasteiger partial charge >= 0.3 is 0 Å². The van der Waals surface area contributed by atoms with Crippen molar-refractivity contribution in [3.63, 3.8) is 0 Å². The van der Waals surface area contributed by atoms with Gasteiger partial charge in [0.2, 0.25) is 5.91 Å². The van der Waals surface area contributed by atoms with Crippen molar-refractivity contribution in [2.24, 2.45) is 5.73 Å². The molecule has 3 heterocycles. The van der Waals surface area contributed by atoms with Crippen LogP contribution >= 0.6 is 0 Å². The molecule has 1 saturated heterocycles. The Morgan fingerprint density at radius 2 is 1.67 bits per heavy atom. The normalized spacial score (nSPS) is 14.2. The summed E-state index contributed by atoms with van der Waals surface area (Å²) in [6, 6.07) is 11.2. The Morgan fingerprint density at radius 3 is 2.41 bits per heavy atom. The van der Waals surface area contributed by atoms with Gasteiger partial charge < -0.3 is 15.5 Å². The molecule has 0 radical (unpaired) electrons. The molecule has 2 aromatic heterocycles. The molecule has 0 unspecified atom stereocenters. The summed E-state index contributed by atoms with van der Waals surface area (Å²) in [6.07, 6.45) is 7.12. The number of aromatic nitrogens is 3. The quantitative estimate of drug-likeness (QED) is 0.765. The van der Waals surface area contributed by atoms with E-state index in [1.807, 2.05) is 30.6 Å². The van der Waals surface area contributed by atoms with Crippen LogP contribution in [0.1, 0.15) is 10.4 Å². The molecule has 0 atom stereocenters. The Balaban J connectivity index is 1.50. The number of rotatable bonds is 4. The first-order chi connectivity index (χ1) is 13.2. The maximum atomic E-state index is 11.4. The van der Waals surface area contributed by atoms with Gasteiger partial charge in [-0.25, -0.2) is 4.98 Å². The first-order valence-electron chi connectivity index (χ1n) is 8.83. The monoisotopic (exact) mass is 360 g/mol. The fourth-order valence-corrected chi connectivity index (χ4v) is 3.23. The molecule has 3 aromatic rings. The summed E-state index contributed by atoms with van der Waals surface area (Å²) in [5, 5.41) is 0. The molecule has 1 aromatic carbocycles. The number of hydrogen-bond donors (Lipinski definition) is 1. The van der Waals surface area contributed by atoms with Gasteiger partial charge in [-0.15, -0.1) is 0 Å². The molecule has 0 aliphatic carbocycles. The first kappa shape index (κ1) is 17.0. The van der Waals surface area contributed by atoms with Gasteiger partial charge in [0.15, 0.2) is 0 Å². The summed E-state index contributed by atoms with van der Waals surface area (Å²) < 4.78 is 0. The third kappa shape index (κ3) is 3.72. The SMILES string of the molecule is NC(=O)c1cccc(-c2cncc(N3CCN(c4ccncc4)CC3)n2)c1. The minimum Gasteiger partial charge on any atom is -0.368 e. The molecule has 1 fully saturated rings. The fourth-order valence-electron chi connectivity index (χ4n) is 3.23. The Morgan fingerprint density at radius 1 is 0.926 bits per heavy atom. The zero-order valence-corrected chi connectivity index (χ0v) is 14.8. The number of carbonyl (C=O) groups is 1. The number of primary amides is 1. The molecular weight excluding hydrogens is 340 g/mol. The van der Waals surface area contributed by atoms with E-state index in [0.29, 0.717) is 5.56 Å². The third-order valence-electron chi connectivity index (χ3n) is 4.70. The van der Waals surface area contributed by atoms with Crippen LogP contribution in [0.25, 0.3) is 11.3 Å². The number of benzene rings is 1. The lowest BCUT2D eigenvalue weighted by Crippen LogP contribution is -2.46. The van der Waals surface area contributed by atoms with Crippen LogP contribution in [0.5, 0.6) is 0 Å². The van der Waals surface area contributed by atoms with E-state index >= 15 is 0 Å². The van der Waals surface area contributed by atoms with Crippen molar-refractivity contribution in [1.29, 1.82) is 0 Å². The Labute approximate surface area is 157 Å². The van der Waals surface area contributed by atoms with E-state index in [1.165, 1.54) is 5.69 Å². The third-order valence-corrected chi connectivity index (χ3v) is 4.70. The van der Waals surface area contributed by atoms with Gasteiger partial charge in [-0.3, -0.25) is 14.8 Å². The van der Waals surface area contributed by atoms with Crippen LogP contribution in [0.3, 0.4) is 0 Å². The molecular formula is C20H20N6O. The Kier molecular flexibility index (Phi) is 4.65. The van der Waals surface area contributed by atoms with E-state index in [0.717, 1.165) is 43.3 Å². The lowest BCUT2D eigenvalue weighted by Gasteiger charge is -2.36. The van der Waals surface area contributed by atoms with Gasteiger partial charge in [0, 0.05) is 55.4 Å². The molecule has 1 aliphatic heterocycles. The highest BCUT2D eigenvalue weighted by Crippen LogP contribution is 2.22. The summed E-state index contributed by atoms with van der Waals surface area (Å²) in [4.78, 5) is 29.2. The molecule has 7 heteroatoms. The highest BCUT2D eigenvalue weighted by atomic mass is 16.1. The molecule has 27 heavy (non-hydrogen) atoms. The minimum atomic E-state index is -0.451. The van der Waals surface area contributed by atoms with Gasteiger partial charge in [0.25, 0.3) is 0 Å². The van der Waals surface area contributed by atoms with E-state index in [-0.39, 0.29) is 0 Å².